The lowest BCUT2D eigenvalue weighted by atomic mass is 10.1. The molecule has 0 bridgehead atoms. The number of alkyl halides is 1. The Kier molecular flexibility index (Phi) is 3.73. The first-order valence-corrected chi connectivity index (χ1v) is 8.08. The topological polar surface area (TPSA) is 48.0 Å². The second-order valence-electron chi connectivity index (χ2n) is 6.39. The zero-order valence-corrected chi connectivity index (χ0v) is 12.8. The van der Waals surface area contributed by atoms with E-state index in [-0.39, 0.29) is 12.5 Å². The maximum atomic E-state index is 14.1. The minimum Gasteiger partial charge on any atom is -0.445 e. The van der Waals surface area contributed by atoms with E-state index in [9.17, 15) is 9.18 Å². The molecule has 3 aliphatic rings. The molecule has 3 atom stereocenters. The van der Waals surface area contributed by atoms with Gasteiger partial charge in [-0.05, 0) is 5.56 Å². The number of fused-ring (bicyclic) bond motifs is 1. The Morgan fingerprint density at radius 1 is 1.30 bits per heavy atom. The SMILES string of the molecule is O=C(OCc1ccccc1)N1CCC2(C[C@@H]3C1[C@@H]3F)OCCO2. The van der Waals surface area contributed by atoms with Crippen LogP contribution >= 0.6 is 0 Å². The van der Waals surface area contributed by atoms with E-state index in [1.165, 1.54) is 4.90 Å². The second kappa shape index (κ2) is 5.76. The molecule has 6 heteroatoms. The van der Waals surface area contributed by atoms with Crippen LogP contribution in [0.3, 0.4) is 0 Å². The Balaban J connectivity index is 1.41. The van der Waals surface area contributed by atoms with Gasteiger partial charge in [0.25, 0.3) is 0 Å². The third-order valence-corrected chi connectivity index (χ3v) is 4.93. The van der Waals surface area contributed by atoms with Crippen LogP contribution in [-0.4, -0.2) is 48.8 Å². The van der Waals surface area contributed by atoms with Crippen molar-refractivity contribution in [1.29, 1.82) is 0 Å². The number of hydrogen-bond acceptors (Lipinski definition) is 4. The van der Waals surface area contributed by atoms with E-state index in [0.29, 0.717) is 32.6 Å². The Morgan fingerprint density at radius 3 is 2.78 bits per heavy atom. The lowest BCUT2D eigenvalue weighted by Gasteiger charge is -2.27. The number of halogens is 1. The Morgan fingerprint density at radius 2 is 2.04 bits per heavy atom. The lowest BCUT2D eigenvalue weighted by Crippen LogP contribution is -2.38. The highest BCUT2D eigenvalue weighted by atomic mass is 19.1. The van der Waals surface area contributed by atoms with Crippen molar-refractivity contribution in [1.82, 2.24) is 4.90 Å². The predicted molar refractivity (Wildman–Crippen MR) is 79.4 cm³/mol. The number of amides is 1. The van der Waals surface area contributed by atoms with Crippen LogP contribution in [0.25, 0.3) is 0 Å². The summed E-state index contributed by atoms with van der Waals surface area (Å²) in [6.45, 7) is 1.66. The summed E-state index contributed by atoms with van der Waals surface area (Å²) >= 11 is 0. The summed E-state index contributed by atoms with van der Waals surface area (Å²) in [6.07, 6.45) is -0.391. The minimum atomic E-state index is -1.01. The lowest BCUT2D eigenvalue weighted by molar-refractivity contribution is -0.168. The minimum absolute atomic E-state index is 0.197. The van der Waals surface area contributed by atoms with Crippen LogP contribution in [0.4, 0.5) is 9.18 Å². The number of hydrogen-bond donors (Lipinski definition) is 0. The van der Waals surface area contributed by atoms with Gasteiger partial charge < -0.3 is 19.1 Å². The highest BCUT2D eigenvalue weighted by Gasteiger charge is 2.62. The molecule has 2 aliphatic heterocycles. The number of benzene rings is 1. The van der Waals surface area contributed by atoms with E-state index in [1.54, 1.807) is 0 Å². The smallest absolute Gasteiger partial charge is 0.410 e. The van der Waals surface area contributed by atoms with Gasteiger partial charge in [-0.2, -0.15) is 0 Å². The first-order valence-electron chi connectivity index (χ1n) is 8.08. The predicted octanol–water partition coefficient (Wildman–Crippen LogP) is 2.50. The molecule has 2 saturated heterocycles. The van der Waals surface area contributed by atoms with E-state index in [0.717, 1.165) is 5.56 Å². The molecular formula is C17H20FNO4. The van der Waals surface area contributed by atoms with Crippen molar-refractivity contribution in [3.8, 4) is 0 Å². The summed E-state index contributed by atoms with van der Waals surface area (Å²) in [4.78, 5) is 13.9. The summed E-state index contributed by atoms with van der Waals surface area (Å²) in [6, 6.07) is 9.07. The highest BCUT2D eigenvalue weighted by molar-refractivity contribution is 5.69. The van der Waals surface area contributed by atoms with Crippen molar-refractivity contribution in [2.24, 2.45) is 5.92 Å². The van der Waals surface area contributed by atoms with Crippen LogP contribution < -0.4 is 0 Å². The fraction of sp³-hybridized carbons (Fsp3) is 0.588. The van der Waals surface area contributed by atoms with E-state index in [1.807, 2.05) is 30.3 Å². The molecule has 1 saturated carbocycles. The molecule has 124 valence electrons. The van der Waals surface area contributed by atoms with Gasteiger partial charge in [0.2, 0.25) is 0 Å². The van der Waals surface area contributed by atoms with E-state index in [4.69, 9.17) is 14.2 Å². The third kappa shape index (κ3) is 2.81. The van der Waals surface area contributed by atoms with Crippen molar-refractivity contribution in [3.63, 3.8) is 0 Å². The van der Waals surface area contributed by atoms with E-state index < -0.39 is 24.1 Å². The van der Waals surface area contributed by atoms with Crippen LogP contribution in [0, 0.1) is 5.92 Å². The number of carbonyl (C=O) groups is 1. The summed E-state index contributed by atoms with van der Waals surface area (Å²) < 4.78 is 30.9. The van der Waals surface area contributed by atoms with Crippen molar-refractivity contribution in [2.45, 2.75) is 37.4 Å². The van der Waals surface area contributed by atoms with Gasteiger partial charge in [-0.25, -0.2) is 9.18 Å². The van der Waals surface area contributed by atoms with Gasteiger partial charge in [0.15, 0.2) is 5.79 Å². The molecule has 3 fully saturated rings. The number of nitrogens with zero attached hydrogens (tertiary/aromatic N) is 1. The number of rotatable bonds is 2. The Labute approximate surface area is 134 Å². The van der Waals surface area contributed by atoms with Crippen molar-refractivity contribution >= 4 is 6.09 Å². The molecule has 1 amide bonds. The number of carbonyl (C=O) groups excluding carboxylic acids is 1. The molecule has 0 N–H and O–H groups in total. The molecule has 1 aromatic carbocycles. The first-order chi connectivity index (χ1) is 11.2. The monoisotopic (exact) mass is 321 g/mol. The van der Waals surface area contributed by atoms with Gasteiger partial charge in [-0.15, -0.1) is 0 Å². The Bertz CT molecular complexity index is 575. The zero-order chi connectivity index (χ0) is 15.9. The van der Waals surface area contributed by atoms with Crippen LogP contribution in [0.15, 0.2) is 30.3 Å². The van der Waals surface area contributed by atoms with Crippen molar-refractivity contribution in [2.75, 3.05) is 19.8 Å². The van der Waals surface area contributed by atoms with E-state index in [2.05, 4.69) is 0 Å². The Hall–Kier alpha value is -1.66. The van der Waals surface area contributed by atoms with Gasteiger partial charge in [-0.3, -0.25) is 0 Å². The molecular weight excluding hydrogens is 301 g/mol. The van der Waals surface area contributed by atoms with Crippen LogP contribution in [0.5, 0.6) is 0 Å². The van der Waals surface area contributed by atoms with Gasteiger partial charge in [0.1, 0.15) is 12.8 Å². The zero-order valence-electron chi connectivity index (χ0n) is 12.8. The molecule has 23 heavy (non-hydrogen) atoms. The molecule has 5 nitrogen and oxygen atoms in total. The average Bonchev–Trinajstić information content (AvgIpc) is 2.99. The molecule has 4 rings (SSSR count). The van der Waals surface area contributed by atoms with Crippen molar-refractivity contribution in [3.05, 3.63) is 35.9 Å². The standard InChI is InChI=1S/C17H20FNO4/c18-14-13-10-17(22-8-9-23-17)6-7-19(15(13)14)16(20)21-11-12-4-2-1-3-5-12/h1-5,13-15H,6-11H2/t13-,14+,15?/m0/s1. The maximum Gasteiger partial charge on any atom is 0.410 e. The number of likely N-dealkylation sites (tertiary alicyclic amines) is 1. The van der Waals surface area contributed by atoms with Crippen LogP contribution in [-0.2, 0) is 20.8 Å². The molecule has 1 spiro atoms. The molecule has 1 aromatic rings. The quantitative estimate of drug-likeness (QED) is 0.840. The normalized spacial score (nSPS) is 31.5. The van der Waals surface area contributed by atoms with Crippen molar-refractivity contribution < 1.29 is 23.4 Å². The molecule has 1 aliphatic carbocycles. The highest BCUT2D eigenvalue weighted by Crippen LogP contribution is 2.50. The summed E-state index contributed by atoms with van der Waals surface area (Å²) in [5, 5.41) is 0. The average molecular weight is 321 g/mol. The van der Waals surface area contributed by atoms with Crippen LogP contribution in [0.1, 0.15) is 18.4 Å². The van der Waals surface area contributed by atoms with Gasteiger partial charge in [0.05, 0.1) is 19.3 Å². The fourth-order valence-corrected chi connectivity index (χ4v) is 3.63. The summed E-state index contributed by atoms with van der Waals surface area (Å²) in [7, 11) is 0. The van der Waals surface area contributed by atoms with Crippen LogP contribution in [0.2, 0.25) is 0 Å². The molecule has 1 unspecified atom stereocenters. The largest absolute Gasteiger partial charge is 0.445 e. The van der Waals surface area contributed by atoms with Gasteiger partial charge in [0, 0.05) is 25.3 Å². The van der Waals surface area contributed by atoms with E-state index >= 15 is 0 Å². The molecule has 0 aromatic heterocycles. The molecule has 2 heterocycles. The maximum absolute atomic E-state index is 14.1. The number of ether oxygens (including phenoxy) is 3. The first kappa shape index (κ1) is 14.9. The van der Waals surface area contributed by atoms with Gasteiger partial charge in [-0.1, -0.05) is 30.3 Å². The summed E-state index contributed by atoms with van der Waals surface area (Å²) in [5.41, 5.74) is 0.916. The molecule has 0 radical (unpaired) electrons. The third-order valence-electron chi connectivity index (χ3n) is 4.93. The second-order valence-corrected chi connectivity index (χ2v) is 6.39. The van der Waals surface area contributed by atoms with Gasteiger partial charge >= 0.3 is 6.09 Å². The fourth-order valence-electron chi connectivity index (χ4n) is 3.63. The summed E-state index contributed by atoms with van der Waals surface area (Å²) in [5.74, 6) is -0.919.